The number of halogens is 2. The number of carbonyl (C=O) groups is 2. The highest BCUT2D eigenvalue weighted by Crippen LogP contribution is 2.11. The van der Waals surface area contributed by atoms with E-state index in [1.165, 1.54) is 6.07 Å². The van der Waals surface area contributed by atoms with E-state index in [1.807, 2.05) is 0 Å². The van der Waals surface area contributed by atoms with Crippen molar-refractivity contribution < 1.29 is 18.4 Å². The van der Waals surface area contributed by atoms with E-state index >= 15 is 0 Å². The predicted octanol–water partition coefficient (Wildman–Crippen LogP) is 2.45. The van der Waals surface area contributed by atoms with Gasteiger partial charge in [-0.2, -0.15) is 0 Å². The minimum absolute atomic E-state index is 0.0769. The van der Waals surface area contributed by atoms with Crippen molar-refractivity contribution in [2.45, 2.75) is 51.5 Å². The number of nitrogens with two attached hydrogens (primary N) is 1. The van der Waals surface area contributed by atoms with Crippen LogP contribution in [0, 0.1) is 11.6 Å². The minimum atomic E-state index is -0.784. The van der Waals surface area contributed by atoms with Crippen LogP contribution in [0.3, 0.4) is 0 Å². The summed E-state index contributed by atoms with van der Waals surface area (Å²) in [5.41, 5.74) is 5.34. The lowest BCUT2D eigenvalue weighted by molar-refractivity contribution is -0.127. The lowest BCUT2D eigenvalue weighted by atomic mass is 10.1. The van der Waals surface area contributed by atoms with Crippen molar-refractivity contribution in [3.05, 3.63) is 35.4 Å². The van der Waals surface area contributed by atoms with Crippen LogP contribution >= 0.6 is 0 Å². The van der Waals surface area contributed by atoms with Gasteiger partial charge in [0.15, 0.2) is 0 Å². The van der Waals surface area contributed by atoms with Crippen LogP contribution < -0.4 is 11.1 Å². The number of amides is 2. The first-order chi connectivity index (χ1) is 10.4. The summed E-state index contributed by atoms with van der Waals surface area (Å²) < 4.78 is 26.3. The van der Waals surface area contributed by atoms with Gasteiger partial charge in [0.1, 0.15) is 17.7 Å². The maximum absolute atomic E-state index is 13.5. The van der Waals surface area contributed by atoms with Gasteiger partial charge in [-0.25, -0.2) is 8.78 Å². The highest BCUT2D eigenvalue weighted by molar-refractivity contribution is 5.87. The molecule has 0 saturated carbocycles. The lowest BCUT2D eigenvalue weighted by Gasteiger charge is -2.15. The van der Waals surface area contributed by atoms with Gasteiger partial charge in [0, 0.05) is 6.07 Å². The van der Waals surface area contributed by atoms with Gasteiger partial charge < -0.3 is 11.1 Å². The quantitative estimate of drug-likeness (QED) is 0.687. The average molecular weight is 312 g/mol. The molecule has 0 aliphatic heterocycles. The van der Waals surface area contributed by atoms with Crippen molar-refractivity contribution in [2.75, 3.05) is 0 Å². The summed E-state index contributed by atoms with van der Waals surface area (Å²) in [6.07, 6.45) is 4.07. The van der Waals surface area contributed by atoms with Crippen LogP contribution in [-0.2, 0) is 16.0 Å². The van der Waals surface area contributed by atoms with Crippen molar-refractivity contribution in [3.63, 3.8) is 0 Å². The number of carbonyl (C=O) groups excluding carboxylic acids is 2. The largest absolute Gasteiger partial charge is 0.368 e. The molecule has 1 atom stereocenters. The molecular weight excluding hydrogens is 290 g/mol. The Balaban J connectivity index is 2.54. The zero-order valence-corrected chi connectivity index (χ0v) is 12.7. The summed E-state index contributed by atoms with van der Waals surface area (Å²) in [4.78, 5) is 23.2. The van der Waals surface area contributed by atoms with Crippen LogP contribution in [0.2, 0.25) is 0 Å². The van der Waals surface area contributed by atoms with Crippen molar-refractivity contribution in [3.8, 4) is 0 Å². The fraction of sp³-hybridized carbons (Fsp3) is 0.500. The Bertz CT molecular complexity index is 521. The van der Waals surface area contributed by atoms with E-state index in [1.54, 1.807) is 0 Å². The summed E-state index contributed by atoms with van der Waals surface area (Å²) >= 11 is 0. The Hall–Kier alpha value is -1.98. The molecule has 0 saturated heterocycles. The molecule has 122 valence electrons. The van der Waals surface area contributed by atoms with Crippen molar-refractivity contribution in [2.24, 2.45) is 5.73 Å². The summed E-state index contributed by atoms with van der Waals surface area (Å²) in [6, 6.07) is 2.26. The van der Waals surface area contributed by atoms with Gasteiger partial charge in [-0.3, -0.25) is 9.59 Å². The highest BCUT2D eigenvalue weighted by atomic mass is 19.1. The smallest absolute Gasteiger partial charge is 0.239 e. The van der Waals surface area contributed by atoms with Crippen LogP contribution in [0.15, 0.2) is 18.2 Å². The van der Waals surface area contributed by atoms with Gasteiger partial charge in [0.25, 0.3) is 0 Å². The number of hydrogen-bond donors (Lipinski definition) is 2. The highest BCUT2D eigenvalue weighted by Gasteiger charge is 2.18. The van der Waals surface area contributed by atoms with Crippen LogP contribution in [0.25, 0.3) is 0 Å². The molecular formula is C16H22F2N2O2. The van der Waals surface area contributed by atoms with E-state index in [-0.39, 0.29) is 12.0 Å². The first-order valence-corrected chi connectivity index (χ1v) is 7.46. The van der Waals surface area contributed by atoms with Crippen LogP contribution in [0.1, 0.15) is 44.6 Å². The zero-order chi connectivity index (χ0) is 16.5. The number of nitrogens with one attached hydrogen (secondary N) is 1. The molecule has 1 rings (SSSR count). The second kappa shape index (κ2) is 9.12. The van der Waals surface area contributed by atoms with Gasteiger partial charge in [-0.15, -0.1) is 0 Å². The molecule has 0 aliphatic carbocycles. The first kappa shape index (κ1) is 18.1. The molecule has 3 N–H and O–H groups in total. The Labute approximate surface area is 129 Å². The zero-order valence-electron chi connectivity index (χ0n) is 12.7. The molecule has 22 heavy (non-hydrogen) atoms. The molecule has 0 heterocycles. The molecule has 0 bridgehead atoms. The standard InChI is InChI=1S/C16H22F2N2O2/c1-2-3-4-5-6-14(16(19)22)20-15(21)9-11-7-8-12(17)10-13(11)18/h7-8,10,14H,2-6,9H2,1H3,(H2,19,22)(H,20,21)/t14-/m1/s1. The van der Waals surface area contributed by atoms with E-state index in [9.17, 15) is 18.4 Å². The van der Waals surface area contributed by atoms with Crippen LogP contribution in [-0.4, -0.2) is 17.9 Å². The Kier molecular flexibility index (Phi) is 7.49. The number of rotatable bonds is 9. The van der Waals surface area contributed by atoms with E-state index in [2.05, 4.69) is 12.2 Å². The monoisotopic (exact) mass is 312 g/mol. The Morgan fingerprint density at radius 3 is 2.55 bits per heavy atom. The molecule has 6 heteroatoms. The summed E-state index contributed by atoms with van der Waals surface area (Å²) in [5, 5.41) is 2.51. The minimum Gasteiger partial charge on any atom is -0.368 e. The van der Waals surface area contributed by atoms with Crippen molar-refractivity contribution in [1.29, 1.82) is 0 Å². The molecule has 0 unspecified atom stereocenters. The third-order valence-corrected chi connectivity index (χ3v) is 3.39. The molecule has 1 aromatic carbocycles. The van der Waals surface area contributed by atoms with Crippen molar-refractivity contribution >= 4 is 11.8 Å². The normalized spacial score (nSPS) is 12.0. The predicted molar refractivity (Wildman–Crippen MR) is 79.9 cm³/mol. The van der Waals surface area contributed by atoms with Gasteiger partial charge in [0.05, 0.1) is 6.42 Å². The van der Waals surface area contributed by atoms with Gasteiger partial charge in [-0.05, 0) is 18.1 Å². The third kappa shape index (κ3) is 6.20. The molecule has 0 radical (unpaired) electrons. The van der Waals surface area contributed by atoms with E-state index in [0.717, 1.165) is 37.8 Å². The maximum atomic E-state index is 13.5. The van der Waals surface area contributed by atoms with E-state index in [4.69, 9.17) is 5.73 Å². The SMILES string of the molecule is CCCCCC[C@@H](NC(=O)Cc1ccc(F)cc1F)C(N)=O. The molecule has 4 nitrogen and oxygen atoms in total. The average Bonchev–Trinajstić information content (AvgIpc) is 2.45. The number of benzene rings is 1. The molecule has 0 fully saturated rings. The van der Waals surface area contributed by atoms with Gasteiger partial charge >= 0.3 is 0 Å². The number of primary amides is 1. The van der Waals surface area contributed by atoms with Crippen LogP contribution in [0.5, 0.6) is 0 Å². The fourth-order valence-electron chi connectivity index (χ4n) is 2.14. The molecule has 0 aromatic heterocycles. The van der Waals surface area contributed by atoms with Gasteiger partial charge in [0.2, 0.25) is 11.8 Å². The second-order valence-corrected chi connectivity index (χ2v) is 5.28. The molecule has 2 amide bonds. The summed E-state index contributed by atoms with van der Waals surface area (Å²) in [7, 11) is 0. The summed E-state index contributed by atoms with van der Waals surface area (Å²) in [6.45, 7) is 2.07. The lowest BCUT2D eigenvalue weighted by Crippen LogP contribution is -2.45. The third-order valence-electron chi connectivity index (χ3n) is 3.39. The maximum Gasteiger partial charge on any atom is 0.239 e. The topological polar surface area (TPSA) is 72.2 Å². The number of unbranched alkanes of at least 4 members (excludes halogenated alkanes) is 3. The van der Waals surface area contributed by atoms with E-state index in [0.29, 0.717) is 6.42 Å². The molecule has 0 spiro atoms. The van der Waals surface area contributed by atoms with Gasteiger partial charge in [-0.1, -0.05) is 38.7 Å². The number of hydrogen-bond acceptors (Lipinski definition) is 2. The molecule has 1 aromatic rings. The Morgan fingerprint density at radius 2 is 1.95 bits per heavy atom. The Morgan fingerprint density at radius 1 is 1.23 bits per heavy atom. The van der Waals surface area contributed by atoms with Crippen molar-refractivity contribution in [1.82, 2.24) is 5.32 Å². The van der Waals surface area contributed by atoms with E-state index < -0.39 is 29.5 Å². The summed E-state index contributed by atoms with van der Waals surface area (Å²) in [5.74, 6) is -2.60. The molecule has 0 aliphatic rings. The second-order valence-electron chi connectivity index (χ2n) is 5.28. The van der Waals surface area contributed by atoms with Crippen LogP contribution in [0.4, 0.5) is 8.78 Å². The first-order valence-electron chi connectivity index (χ1n) is 7.46. The fourth-order valence-corrected chi connectivity index (χ4v) is 2.14.